The Bertz CT molecular complexity index is 723. The van der Waals surface area contributed by atoms with Gasteiger partial charge in [-0.1, -0.05) is 29.3 Å². The first-order valence-corrected chi connectivity index (χ1v) is 6.40. The Morgan fingerprint density at radius 1 is 1.35 bits per heavy atom. The van der Waals surface area contributed by atoms with E-state index in [-0.39, 0.29) is 16.1 Å². The number of nitrogens with one attached hydrogen (secondary N) is 1. The lowest BCUT2D eigenvalue weighted by atomic mass is 10.1. The van der Waals surface area contributed by atoms with E-state index in [4.69, 9.17) is 28.5 Å². The van der Waals surface area contributed by atoms with Gasteiger partial charge >= 0.3 is 0 Å². The van der Waals surface area contributed by atoms with Gasteiger partial charge in [0.05, 0.1) is 22.2 Å². The van der Waals surface area contributed by atoms with Crippen LogP contribution >= 0.6 is 23.2 Å². The van der Waals surface area contributed by atoms with Crippen molar-refractivity contribution >= 4 is 34.8 Å². The minimum absolute atomic E-state index is 0.144. The van der Waals surface area contributed by atoms with Gasteiger partial charge in [0.2, 0.25) is 0 Å². The molecule has 2 rings (SSSR count). The van der Waals surface area contributed by atoms with E-state index in [2.05, 4.69) is 10.3 Å². The fraction of sp³-hybridized carbons (Fsp3) is 0.0714. The molecule has 1 N–H and O–H groups in total. The number of benzene rings is 1. The number of carbonyl (C=O) groups excluding carboxylic acids is 1. The molecule has 0 fully saturated rings. The maximum atomic E-state index is 12.1. The first kappa shape index (κ1) is 14.3. The normalized spacial score (nSPS) is 9.90. The standard InChI is InChI=1S/C14H9Cl2N3O/c1-8-2-3-9(6-17)4-12(8)19-14(20)10-5-11(15)13(16)18-7-10/h2-5,7H,1H3,(H,19,20). The molecule has 0 spiro atoms. The summed E-state index contributed by atoms with van der Waals surface area (Å²) in [6, 6.07) is 8.52. The second-order valence-corrected chi connectivity index (χ2v) is 4.86. The first-order chi connectivity index (χ1) is 9.51. The van der Waals surface area contributed by atoms with Crippen molar-refractivity contribution in [2.75, 3.05) is 5.32 Å². The molecule has 0 saturated heterocycles. The summed E-state index contributed by atoms with van der Waals surface area (Å²) in [6.45, 7) is 1.84. The van der Waals surface area contributed by atoms with Crippen LogP contribution in [0.3, 0.4) is 0 Å². The average Bonchev–Trinajstić information content (AvgIpc) is 2.44. The average molecular weight is 306 g/mol. The van der Waals surface area contributed by atoms with Crippen LogP contribution in [0, 0.1) is 18.3 Å². The van der Waals surface area contributed by atoms with Gasteiger partial charge in [-0.05, 0) is 30.7 Å². The molecular weight excluding hydrogens is 297 g/mol. The molecule has 100 valence electrons. The maximum absolute atomic E-state index is 12.1. The number of hydrogen-bond acceptors (Lipinski definition) is 3. The van der Waals surface area contributed by atoms with Crippen LogP contribution in [-0.2, 0) is 0 Å². The van der Waals surface area contributed by atoms with Crippen LogP contribution < -0.4 is 5.32 Å². The zero-order valence-corrected chi connectivity index (χ0v) is 12.0. The van der Waals surface area contributed by atoms with Gasteiger partial charge in [-0.2, -0.15) is 5.26 Å². The van der Waals surface area contributed by atoms with E-state index in [0.29, 0.717) is 16.8 Å². The molecule has 20 heavy (non-hydrogen) atoms. The van der Waals surface area contributed by atoms with Crippen molar-refractivity contribution in [3.05, 3.63) is 57.3 Å². The third-order valence-corrected chi connectivity index (χ3v) is 3.36. The Hall–Kier alpha value is -2.09. The number of amides is 1. The number of rotatable bonds is 2. The number of anilines is 1. The van der Waals surface area contributed by atoms with E-state index >= 15 is 0 Å². The zero-order chi connectivity index (χ0) is 14.7. The lowest BCUT2D eigenvalue weighted by Gasteiger charge is -2.09. The summed E-state index contributed by atoms with van der Waals surface area (Å²) in [7, 11) is 0. The molecule has 1 amide bonds. The highest BCUT2D eigenvalue weighted by Gasteiger charge is 2.11. The molecular formula is C14H9Cl2N3O. The Morgan fingerprint density at radius 2 is 2.10 bits per heavy atom. The number of hydrogen-bond donors (Lipinski definition) is 1. The van der Waals surface area contributed by atoms with Gasteiger partial charge in [-0.25, -0.2) is 4.98 Å². The summed E-state index contributed by atoms with van der Waals surface area (Å²) in [5.41, 5.74) is 2.19. The minimum atomic E-state index is -0.366. The van der Waals surface area contributed by atoms with Gasteiger partial charge in [-0.15, -0.1) is 0 Å². The summed E-state index contributed by atoms with van der Waals surface area (Å²) in [5, 5.41) is 11.9. The molecule has 2 aromatic rings. The number of aryl methyl sites for hydroxylation is 1. The molecule has 0 radical (unpaired) electrons. The third kappa shape index (κ3) is 3.08. The fourth-order valence-electron chi connectivity index (χ4n) is 1.57. The predicted molar refractivity (Wildman–Crippen MR) is 78.1 cm³/mol. The molecule has 6 heteroatoms. The van der Waals surface area contributed by atoms with Crippen LogP contribution in [0.5, 0.6) is 0 Å². The monoisotopic (exact) mass is 305 g/mol. The van der Waals surface area contributed by atoms with Crippen molar-refractivity contribution in [3.8, 4) is 6.07 Å². The lowest BCUT2D eigenvalue weighted by Crippen LogP contribution is -2.13. The summed E-state index contributed by atoms with van der Waals surface area (Å²) in [5.74, 6) is -0.366. The van der Waals surface area contributed by atoms with Crippen LogP contribution in [0.4, 0.5) is 5.69 Å². The molecule has 4 nitrogen and oxygen atoms in total. The van der Waals surface area contributed by atoms with Crippen LogP contribution in [-0.4, -0.2) is 10.9 Å². The largest absolute Gasteiger partial charge is 0.322 e. The van der Waals surface area contributed by atoms with Crippen molar-refractivity contribution in [1.29, 1.82) is 5.26 Å². The molecule has 0 saturated carbocycles. The van der Waals surface area contributed by atoms with E-state index < -0.39 is 0 Å². The predicted octanol–water partition coefficient (Wildman–Crippen LogP) is 3.82. The highest BCUT2D eigenvalue weighted by atomic mass is 35.5. The minimum Gasteiger partial charge on any atom is -0.322 e. The number of halogens is 2. The second-order valence-electron chi connectivity index (χ2n) is 4.09. The van der Waals surface area contributed by atoms with Gasteiger partial charge in [-0.3, -0.25) is 4.79 Å². The highest BCUT2D eigenvalue weighted by molar-refractivity contribution is 6.41. The van der Waals surface area contributed by atoms with Crippen molar-refractivity contribution in [1.82, 2.24) is 4.98 Å². The van der Waals surface area contributed by atoms with Gasteiger partial charge in [0.1, 0.15) is 5.15 Å². The topological polar surface area (TPSA) is 65.8 Å². The Kier molecular flexibility index (Phi) is 4.23. The number of carbonyl (C=O) groups is 1. The summed E-state index contributed by atoms with van der Waals surface area (Å²) in [4.78, 5) is 15.9. The molecule has 0 aliphatic heterocycles. The molecule has 1 aromatic carbocycles. The summed E-state index contributed by atoms with van der Waals surface area (Å²) >= 11 is 11.5. The van der Waals surface area contributed by atoms with Crippen molar-refractivity contribution in [2.45, 2.75) is 6.92 Å². The maximum Gasteiger partial charge on any atom is 0.257 e. The second kappa shape index (κ2) is 5.91. The molecule has 0 unspecified atom stereocenters. The lowest BCUT2D eigenvalue weighted by molar-refractivity contribution is 0.102. The molecule has 0 bridgehead atoms. The van der Waals surface area contributed by atoms with Crippen molar-refractivity contribution in [3.63, 3.8) is 0 Å². The zero-order valence-electron chi connectivity index (χ0n) is 10.4. The molecule has 0 atom stereocenters. The highest BCUT2D eigenvalue weighted by Crippen LogP contribution is 2.21. The van der Waals surface area contributed by atoms with E-state index in [1.807, 2.05) is 13.0 Å². The van der Waals surface area contributed by atoms with E-state index in [1.54, 1.807) is 18.2 Å². The van der Waals surface area contributed by atoms with Crippen LogP contribution in [0.2, 0.25) is 10.2 Å². The Morgan fingerprint density at radius 3 is 2.75 bits per heavy atom. The van der Waals surface area contributed by atoms with Gasteiger partial charge in [0, 0.05) is 11.9 Å². The van der Waals surface area contributed by atoms with E-state index in [1.165, 1.54) is 12.3 Å². The SMILES string of the molecule is Cc1ccc(C#N)cc1NC(=O)c1cnc(Cl)c(Cl)c1. The number of pyridine rings is 1. The van der Waals surface area contributed by atoms with E-state index in [9.17, 15) is 4.79 Å². The third-order valence-electron chi connectivity index (χ3n) is 2.67. The van der Waals surface area contributed by atoms with Gasteiger partial charge in [0.15, 0.2) is 0 Å². The van der Waals surface area contributed by atoms with Gasteiger partial charge < -0.3 is 5.32 Å². The van der Waals surface area contributed by atoms with Crippen molar-refractivity contribution < 1.29 is 4.79 Å². The number of nitrogens with zero attached hydrogens (tertiary/aromatic N) is 2. The fourth-order valence-corrected chi connectivity index (χ4v) is 1.84. The van der Waals surface area contributed by atoms with Crippen LogP contribution in [0.25, 0.3) is 0 Å². The van der Waals surface area contributed by atoms with Crippen molar-refractivity contribution in [2.24, 2.45) is 0 Å². The van der Waals surface area contributed by atoms with Crippen LogP contribution in [0.1, 0.15) is 21.5 Å². The molecule has 0 aliphatic rings. The quantitative estimate of drug-likeness (QED) is 0.858. The van der Waals surface area contributed by atoms with E-state index in [0.717, 1.165) is 5.56 Å². The number of nitriles is 1. The smallest absolute Gasteiger partial charge is 0.257 e. The molecule has 0 aliphatic carbocycles. The number of aromatic nitrogens is 1. The van der Waals surface area contributed by atoms with Crippen LogP contribution in [0.15, 0.2) is 30.5 Å². The molecule has 1 aromatic heterocycles. The summed E-state index contributed by atoms with van der Waals surface area (Å²) < 4.78 is 0. The first-order valence-electron chi connectivity index (χ1n) is 5.64. The summed E-state index contributed by atoms with van der Waals surface area (Å²) in [6.07, 6.45) is 1.34. The molecule has 1 heterocycles. The van der Waals surface area contributed by atoms with Gasteiger partial charge in [0.25, 0.3) is 5.91 Å². The Labute approximate surface area is 126 Å². The Balaban J connectivity index is 2.28.